The molecule has 1 rings (SSSR count). The van der Waals surface area contributed by atoms with E-state index in [-0.39, 0.29) is 13.2 Å². The molecule has 0 aliphatic rings. The smallest absolute Gasteiger partial charge is 0.349 e. The molecule has 0 N–H and O–H groups in total. The summed E-state index contributed by atoms with van der Waals surface area (Å²) in [5.41, 5.74) is 0. The summed E-state index contributed by atoms with van der Waals surface area (Å²) in [7, 11) is 0. The molecule has 0 atom stereocenters. The minimum absolute atomic E-state index is 0.287. The van der Waals surface area contributed by atoms with Gasteiger partial charge in [-0.1, -0.05) is 0 Å². The lowest BCUT2D eigenvalue weighted by Gasteiger charge is -1.98. The average Bonchev–Trinajstić information content (AvgIpc) is 2.57. The summed E-state index contributed by atoms with van der Waals surface area (Å²) in [6.07, 6.45) is 0. The van der Waals surface area contributed by atoms with Crippen LogP contribution in [-0.2, 0) is 9.47 Å². The number of ether oxygens (including phenoxy) is 2. The Balaban J connectivity index is 3.07. The maximum Gasteiger partial charge on any atom is 0.349 e. The van der Waals surface area contributed by atoms with Crippen LogP contribution < -0.4 is 0 Å². The molecule has 0 saturated heterocycles. The minimum Gasteiger partial charge on any atom is -0.462 e. The lowest BCUT2D eigenvalue weighted by atomic mass is 10.4. The number of rotatable bonds is 4. The fraction of sp³-hybridized carbons (Fsp3) is 0.400. The number of esters is 2. The van der Waals surface area contributed by atoms with Gasteiger partial charge in [0.25, 0.3) is 0 Å². The van der Waals surface area contributed by atoms with Gasteiger partial charge in [-0.15, -0.1) is 11.3 Å². The zero-order chi connectivity index (χ0) is 13.0. The first-order valence-electron chi connectivity index (χ1n) is 4.84. The van der Waals surface area contributed by atoms with Crippen molar-refractivity contribution in [2.45, 2.75) is 13.8 Å². The van der Waals surface area contributed by atoms with E-state index in [9.17, 15) is 9.59 Å². The van der Waals surface area contributed by atoms with Gasteiger partial charge in [-0.2, -0.15) is 0 Å². The Labute approximate surface area is 120 Å². The van der Waals surface area contributed by atoms with Crippen LogP contribution in [0, 0.1) is 0 Å². The molecule has 1 heterocycles. The molecule has 0 aliphatic heterocycles. The van der Waals surface area contributed by atoms with Crippen molar-refractivity contribution in [3.8, 4) is 0 Å². The molecule has 0 aliphatic carbocycles. The molecule has 7 heteroatoms. The summed E-state index contributed by atoms with van der Waals surface area (Å²) in [4.78, 5) is 23.9. The zero-order valence-corrected chi connectivity index (χ0v) is 13.2. The van der Waals surface area contributed by atoms with Crippen LogP contribution in [0.5, 0.6) is 0 Å². The van der Waals surface area contributed by atoms with Crippen LogP contribution in [0.2, 0.25) is 0 Å². The van der Waals surface area contributed by atoms with Gasteiger partial charge >= 0.3 is 11.9 Å². The third kappa shape index (κ3) is 3.29. The highest BCUT2D eigenvalue weighted by atomic mass is 79.9. The predicted molar refractivity (Wildman–Crippen MR) is 71.6 cm³/mol. The Bertz CT molecular complexity index is 403. The van der Waals surface area contributed by atoms with Gasteiger partial charge in [0.2, 0.25) is 0 Å². The number of halogens is 2. The number of carbonyl (C=O) groups is 2. The summed E-state index contributed by atoms with van der Waals surface area (Å²) in [5, 5.41) is 0. The second-order valence-electron chi connectivity index (χ2n) is 2.83. The summed E-state index contributed by atoms with van der Waals surface area (Å²) < 4.78 is 10.8. The minimum atomic E-state index is -0.458. The molecule has 94 valence electrons. The standard InChI is InChI=1S/C10H10Br2O4S/c1-3-15-9(13)7-5(11)6(12)8(17-7)10(14)16-4-2/h3-4H2,1-2H3. The molecule has 0 bridgehead atoms. The molecule has 0 spiro atoms. The van der Waals surface area contributed by atoms with E-state index in [0.717, 1.165) is 11.3 Å². The normalized spacial score (nSPS) is 10.1. The van der Waals surface area contributed by atoms with E-state index in [1.54, 1.807) is 13.8 Å². The van der Waals surface area contributed by atoms with Gasteiger partial charge in [-0.05, 0) is 45.7 Å². The number of hydrogen-bond donors (Lipinski definition) is 0. The van der Waals surface area contributed by atoms with Crippen molar-refractivity contribution in [1.82, 2.24) is 0 Å². The van der Waals surface area contributed by atoms with Gasteiger partial charge in [-0.25, -0.2) is 9.59 Å². The van der Waals surface area contributed by atoms with E-state index in [1.807, 2.05) is 0 Å². The molecule has 0 amide bonds. The highest BCUT2D eigenvalue weighted by molar-refractivity contribution is 9.13. The van der Waals surface area contributed by atoms with Crippen molar-refractivity contribution in [1.29, 1.82) is 0 Å². The molecular formula is C10H10Br2O4S. The van der Waals surface area contributed by atoms with E-state index < -0.39 is 11.9 Å². The second-order valence-corrected chi connectivity index (χ2v) is 5.44. The lowest BCUT2D eigenvalue weighted by Crippen LogP contribution is -2.03. The molecule has 1 aromatic rings. The maximum absolute atomic E-state index is 11.6. The van der Waals surface area contributed by atoms with Crippen LogP contribution in [-0.4, -0.2) is 25.2 Å². The van der Waals surface area contributed by atoms with Crippen LogP contribution in [0.15, 0.2) is 8.95 Å². The Morgan fingerprint density at radius 1 is 1.00 bits per heavy atom. The second kappa shape index (κ2) is 6.51. The average molecular weight is 386 g/mol. The monoisotopic (exact) mass is 384 g/mol. The first kappa shape index (κ1) is 14.7. The summed E-state index contributed by atoms with van der Waals surface area (Å²) >= 11 is 7.53. The van der Waals surface area contributed by atoms with Crippen LogP contribution in [0.3, 0.4) is 0 Å². The summed E-state index contributed by atoms with van der Waals surface area (Å²) in [5.74, 6) is -0.916. The Morgan fingerprint density at radius 2 is 1.35 bits per heavy atom. The molecule has 0 aromatic carbocycles. The quantitative estimate of drug-likeness (QED) is 0.742. The number of hydrogen-bond acceptors (Lipinski definition) is 5. The van der Waals surface area contributed by atoms with Gasteiger partial charge in [0.1, 0.15) is 9.75 Å². The highest BCUT2D eigenvalue weighted by Crippen LogP contribution is 2.38. The molecule has 1 aromatic heterocycles. The Morgan fingerprint density at radius 3 is 1.65 bits per heavy atom. The van der Waals surface area contributed by atoms with Crippen LogP contribution in [0.4, 0.5) is 0 Å². The molecule has 4 nitrogen and oxygen atoms in total. The third-order valence-electron chi connectivity index (χ3n) is 1.72. The molecule has 0 saturated carbocycles. The summed E-state index contributed by atoms with van der Waals surface area (Å²) in [6.45, 7) is 4.02. The Kier molecular flexibility index (Phi) is 5.61. The van der Waals surface area contributed by atoms with Crippen molar-refractivity contribution in [3.05, 3.63) is 18.7 Å². The number of carbonyl (C=O) groups excluding carboxylic acids is 2. The summed E-state index contributed by atoms with van der Waals surface area (Å²) in [6, 6.07) is 0. The predicted octanol–water partition coefficient (Wildman–Crippen LogP) is 3.63. The third-order valence-corrected chi connectivity index (χ3v) is 5.51. The van der Waals surface area contributed by atoms with Gasteiger partial charge in [-0.3, -0.25) is 0 Å². The molecule has 0 radical (unpaired) electrons. The zero-order valence-electron chi connectivity index (χ0n) is 9.21. The van der Waals surface area contributed by atoms with Crippen LogP contribution in [0.25, 0.3) is 0 Å². The fourth-order valence-corrected chi connectivity index (χ4v) is 3.39. The van der Waals surface area contributed by atoms with Crippen LogP contribution >= 0.6 is 43.2 Å². The van der Waals surface area contributed by atoms with Gasteiger partial charge < -0.3 is 9.47 Å². The van der Waals surface area contributed by atoms with Crippen molar-refractivity contribution >= 4 is 55.1 Å². The van der Waals surface area contributed by atoms with E-state index in [1.165, 1.54) is 0 Å². The van der Waals surface area contributed by atoms with Crippen molar-refractivity contribution in [3.63, 3.8) is 0 Å². The maximum atomic E-state index is 11.6. The van der Waals surface area contributed by atoms with Gasteiger partial charge in [0.15, 0.2) is 0 Å². The van der Waals surface area contributed by atoms with Gasteiger partial charge in [0, 0.05) is 0 Å². The van der Waals surface area contributed by atoms with Crippen LogP contribution in [0.1, 0.15) is 33.2 Å². The van der Waals surface area contributed by atoms with E-state index in [4.69, 9.17) is 9.47 Å². The van der Waals surface area contributed by atoms with Gasteiger partial charge in [0.05, 0.1) is 22.2 Å². The molecule has 0 fully saturated rings. The van der Waals surface area contributed by atoms with E-state index in [2.05, 4.69) is 31.9 Å². The molecular weight excluding hydrogens is 376 g/mol. The fourth-order valence-electron chi connectivity index (χ4n) is 1.05. The molecule has 0 unspecified atom stereocenters. The van der Waals surface area contributed by atoms with E-state index >= 15 is 0 Å². The molecule has 17 heavy (non-hydrogen) atoms. The first-order valence-corrected chi connectivity index (χ1v) is 7.25. The Hall–Kier alpha value is -0.400. The number of thiophene rings is 1. The van der Waals surface area contributed by atoms with E-state index in [0.29, 0.717) is 18.7 Å². The lowest BCUT2D eigenvalue weighted by molar-refractivity contribution is 0.0523. The first-order chi connectivity index (χ1) is 8.02. The topological polar surface area (TPSA) is 52.6 Å². The van der Waals surface area contributed by atoms with Crippen molar-refractivity contribution in [2.24, 2.45) is 0 Å². The van der Waals surface area contributed by atoms with Crippen molar-refractivity contribution < 1.29 is 19.1 Å². The van der Waals surface area contributed by atoms with Crippen molar-refractivity contribution in [2.75, 3.05) is 13.2 Å². The SMILES string of the molecule is CCOC(=O)c1sc(C(=O)OCC)c(Br)c1Br. The highest BCUT2D eigenvalue weighted by Gasteiger charge is 2.25. The largest absolute Gasteiger partial charge is 0.462 e.